The van der Waals surface area contributed by atoms with E-state index in [1.807, 2.05) is 42.5 Å². The van der Waals surface area contributed by atoms with E-state index in [1.165, 1.54) is 3.97 Å². The number of hydrogen-bond acceptors (Lipinski definition) is 4. The second kappa shape index (κ2) is 9.99. The van der Waals surface area contributed by atoms with Crippen LogP contribution in [0.2, 0.25) is 0 Å². The average molecular weight is 540 g/mol. The number of carbonyl (C=O) groups is 2. The van der Waals surface area contributed by atoms with E-state index in [2.05, 4.69) is 0 Å². The monoisotopic (exact) mass is 539 g/mol. The average Bonchev–Trinajstić information content (AvgIpc) is 3.55. The molecule has 39 heavy (non-hydrogen) atoms. The van der Waals surface area contributed by atoms with Gasteiger partial charge < -0.3 is 4.90 Å². The van der Waals surface area contributed by atoms with Gasteiger partial charge in [0, 0.05) is 17.5 Å². The van der Waals surface area contributed by atoms with Gasteiger partial charge in [0.15, 0.2) is 13.1 Å². The van der Waals surface area contributed by atoms with E-state index < -0.39 is 10.0 Å². The van der Waals surface area contributed by atoms with Gasteiger partial charge in [0.25, 0.3) is 15.9 Å². The number of para-hydroxylation sites is 1. The lowest BCUT2D eigenvalue weighted by Crippen LogP contribution is -2.39. The van der Waals surface area contributed by atoms with Crippen molar-refractivity contribution in [2.45, 2.75) is 31.0 Å². The molecule has 0 saturated carbocycles. The van der Waals surface area contributed by atoms with Crippen LogP contribution >= 0.6 is 0 Å². The third-order valence-corrected chi connectivity index (χ3v) is 8.90. The zero-order valence-corrected chi connectivity index (χ0v) is 22.0. The predicted molar refractivity (Wildman–Crippen MR) is 145 cm³/mol. The van der Waals surface area contributed by atoms with Crippen LogP contribution in [0.4, 0.5) is 0 Å². The summed E-state index contributed by atoms with van der Waals surface area (Å²) in [5.41, 5.74) is 2.84. The minimum absolute atomic E-state index is 0.0132. The molecule has 6 rings (SSSR count). The van der Waals surface area contributed by atoms with Crippen LogP contribution < -0.4 is 4.57 Å². The lowest BCUT2D eigenvalue weighted by molar-refractivity contribution is -0.682. The molecule has 0 bridgehead atoms. The molecule has 5 aromatic rings. The van der Waals surface area contributed by atoms with Gasteiger partial charge in [0.1, 0.15) is 12.4 Å². The molecular formula is C30H27N4O4S+. The van der Waals surface area contributed by atoms with Crippen LogP contribution in [0.15, 0.2) is 109 Å². The number of carbonyl (C=O) groups excluding carboxylic acids is 2. The van der Waals surface area contributed by atoms with Crippen molar-refractivity contribution >= 4 is 32.6 Å². The fraction of sp³-hybridized carbons (Fsp3) is 0.167. The summed E-state index contributed by atoms with van der Waals surface area (Å²) in [6, 6.07) is 25.0. The number of ketones is 1. The first-order valence-corrected chi connectivity index (χ1v) is 14.2. The highest BCUT2D eigenvalue weighted by atomic mass is 32.2. The molecule has 0 N–H and O–H groups in total. The summed E-state index contributed by atoms with van der Waals surface area (Å²) in [6.45, 7) is 0.963. The molecule has 1 aliphatic heterocycles. The van der Waals surface area contributed by atoms with E-state index in [0.717, 1.165) is 10.9 Å². The van der Waals surface area contributed by atoms with Crippen LogP contribution in [0, 0.1) is 0 Å². The first-order valence-electron chi connectivity index (χ1n) is 12.7. The predicted octanol–water partition coefficient (Wildman–Crippen LogP) is 3.44. The van der Waals surface area contributed by atoms with Gasteiger partial charge >= 0.3 is 0 Å². The fourth-order valence-electron chi connectivity index (χ4n) is 5.22. The number of nitrogens with zero attached hydrogens (tertiary/aromatic N) is 4. The normalized spacial score (nSPS) is 13.4. The first kappa shape index (κ1) is 24.8. The van der Waals surface area contributed by atoms with Crippen LogP contribution in [-0.2, 0) is 40.9 Å². The molecule has 0 fully saturated rings. The molecule has 0 aliphatic carbocycles. The Morgan fingerprint density at radius 1 is 0.872 bits per heavy atom. The molecular weight excluding hydrogens is 512 g/mol. The smallest absolute Gasteiger partial charge is 0.268 e. The molecule has 2 aromatic heterocycles. The third kappa shape index (κ3) is 4.66. The number of fused-ring (bicyclic) bond motifs is 3. The van der Waals surface area contributed by atoms with Crippen molar-refractivity contribution in [1.82, 2.24) is 13.4 Å². The molecule has 0 spiro atoms. The highest BCUT2D eigenvalue weighted by Crippen LogP contribution is 2.34. The Kier molecular flexibility index (Phi) is 6.36. The van der Waals surface area contributed by atoms with E-state index >= 15 is 0 Å². The van der Waals surface area contributed by atoms with Gasteiger partial charge in [-0.15, -0.1) is 0 Å². The zero-order chi connectivity index (χ0) is 27.0. The Labute approximate surface area is 226 Å². The molecule has 0 atom stereocenters. The fourth-order valence-corrected chi connectivity index (χ4v) is 6.81. The summed E-state index contributed by atoms with van der Waals surface area (Å²) in [7, 11) is -3.86. The molecule has 196 valence electrons. The van der Waals surface area contributed by atoms with Crippen LogP contribution in [0.5, 0.6) is 0 Å². The van der Waals surface area contributed by atoms with E-state index in [4.69, 9.17) is 0 Å². The number of imidazole rings is 1. The highest BCUT2D eigenvalue weighted by Gasteiger charge is 2.32. The molecule has 0 saturated heterocycles. The number of amides is 1. The maximum absolute atomic E-state index is 13.8. The lowest BCUT2D eigenvalue weighted by Gasteiger charge is -2.28. The molecule has 9 heteroatoms. The third-order valence-electron chi connectivity index (χ3n) is 7.13. The summed E-state index contributed by atoms with van der Waals surface area (Å²) in [4.78, 5) is 27.8. The Hall–Kier alpha value is -4.50. The van der Waals surface area contributed by atoms with Crippen LogP contribution in [0.3, 0.4) is 0 Å². The second-order valence-electron chi connectivity index (χ2n) is 9.64. The lowest BCUT2D eigenvalue weighted by atomic mass is 10.0. The minimum Gasteiger partial charge on any atom is -0.333 e. The van der Waals surface area contributed by atoms with Crippen molar-refractivity contribution in [3.63, 3.8) is 0 Å². The summed E-state index contributed by atoms with van der Waals surface area (Å²) < 4.78 is 32.4. The minimum atomic E-state index is -3.86. The van der Waals surface area contributed by atoms with Crippen molar-refractivity contribution in [2.24, 2.45) is 0 Å². The van der Waals surface area contributed by atoms with E-state index in [9.17, 15) is 18.0 Å². The van der Waals surface area contributed by atoms with Crippen LogP contribution in [0.25, 0.3) is 10.9 Å². The second-order valence-corrected chi connectivity index (χ2v) is 11.4. The summed E-state index contributed by atoms with van der Waals surface area (Å²) in [5, 5.41) is 0.897. The highest BCUT2D eigenvalue weighted by molar-refractivity contribution is 7.90. The van der Waals surface area contributed by atoms with Gasteiger partial charge in [-0.25, -0.2) is 21.5 Å². The van der Waals surface area contributed by atoms with Crippen LogP contribution in [-0.4, -0.2) is 40.1 Å². The van der Waals surface area contributed by atoms with Gasteiger partial charge in [-0.2, -0.15) is 0 Å². The number of rotatable bonds is 7. The van der Waals surface area contributed by atoms with Crippen molar-refractivity contribution in [3.05, 3.63) is 120 Å². The van der Waals surface area contributed by atoms with Gasteiger partial charge in [-0.3, -0.25) is 9.59 Å². The van der Waals surface area contributed by atoms with Gasteiger partial charge in [0.05, 0.1) is 22.7 Å². The largest absolute Gasteiger partial charge is 0.333 e. The van der Waals surface area contributed by atoms with Crippen molar-refractivity contribution < 1.29 is 22.6 Å². The Bertz CT molecular complexity index is 1790. The van der Waals surface area contributed by atoms with Gasteiger partial charge in [-0.05, 0) is 30.2 Å². The molecule has 3 aromatic carbocycles. The van der Waals surface area contributed by atoms with Gasteiger partial charge in [0.2, 0.25) is 12.1 Å². The molecule has 0 unspecified atom stereocenters. The first-order chi connectivity index (χ1) is 18.9. The topological polar surface area (TPSA) is 85.3 Å². The van der Waals surface area contributed by atoms with Crippen molar-refractivity contribution in [1.29, 1.82) is 0 Å². The van der Waals surface area contributed by atoms with Crippen LogP contribution in [0.1, 0.15) is 21.6 Å². The summed E-state index contributed by atoms with van der Waals surface area (Å²) in [6.07, 6.45) is 5.84. The molecule has 8 nitrogen and oxygen atoms in total. The number of Topliss-reactive ketones (excluding diaryl/α,β-unsaturated/α-hetero) is 1. The Morgan fingerprint density at radius 3 is 2.33 bits per heavy atom. The molecule has 3 heterocycles. The molecule has 1 aliphatic rings. The number of hydrogen-bond donors (Lipinski definition) is 0. The Balaban J connectivity index is 1.24. The van der Waals surface area contributed by atoms with Crippen molar-refractivity contribution in [3.8, 4) is 0 Å². The number of aromatic nitrogens is 3. The van der Waals surface area contributed by atoms with E-state index in [1.54, 1.807) is 75.2 Å². The van der Waals surface area contributed by atoms with E-state index in [-0.39, 0.29) is 36.2 Å². The summed E-state index contributed by atoms with van der Waals surface area (Å²) in [5.74, 6) is -0.132. The summed E-state index contributed by atoms with van der Waals surface area (Å²) >= 11 is 0. The van der Waals surface area contributed by atoms with Crippen molar-refractivity contribution in [2.75, 3.05) is 6.54 Å². The standard InChI is InChI=1S/C30H27N4O4S/c35-29(23-9-3-1-4-10-23)20-31-17-18-32(22-31)21-30(36)33-16-15-26-25-13-7-8-14-27(25)34(28(26)19-33)39(37,38)24-11-5-2-6-12-24/h1-14,17-18,22H,15-16,19-21H2/q+1. The van der Waals surface area contributed by atoms with Gasteiger partial charge in [-0.1, -0.05) is 66.7 Å². The Morgan fingerprint density at radius 2 is 1.56 bits per heavy atom. The molecule has 0 radical (unpaired) electrons. The number of benzene rings is 3. The maximum Gasteiger partial charge on any atom is 0.268 e. The van der Waals surface area contributed by atoms with E-state index in [0.29, 0.717) is 29.7 Å². The quantitative estimate of drug-likeness (QED) is 0.234. The molecule has 1 amide bonds. The SMILES string of the molecule is O=C(C[n+]1ccn(CC(=O)N2CCc3c(n(S(=O)(=O)c4ccccc4)c4ccccc34)C2)c1)c1ccccc1. The maximum atomic E-state index is 13.8. The zero-order valence-electron chi connectivity index (χ0n) is 21.2.